The van der Waals surface area contributed by atoms with Gasteiger partial charge in [-0.2, -0.15) is 0 Å². The number of aryl methyl sites for hydroxylation is 1. The molecule has 0 aliphatic carbocycles. The van der Waals surface area contributed by atoms with Crippen LogP contribution in [0.3, 0.4) is 0 Å². The molecule has 0 radical (unpaired) electrons. The molecule has 0 amide bonds. The molecule has 1 nitrogen and oxygen atoms in total. The van der Waals surface area contributed by atoms with E-state index < -0.39 is 0 Å². The number of halogens is 1. The maximum absolute atomic E-state index is 5.90. The van der Waals surface area contributed by atoms with Crippen molar-refractivity contribution in [3.8, 4) is 11.5 Å². The molecule has 2 aromatic carbocycles. The molecule has 2 heteroatoms. The summed E-state index contributed by atoms with van der Waals surface area (Å²) in [6.45, 7) is 4.38. The number of hydrogen-bond donors (Lipinski definition) is 0. The zero-order valence-electron chi connectivity index (χ0n) is 11.4. The van der Waals surface area contributed by atoms with Gasteiger partial charge < -0.3 is 4.74 Å². The first-order valence-corrected chi connectivity index (χ1v) is 8.14. The van der Waals surface area contributed by atoms with E-state index in [4.69, 9.17) is 4.74 Å². The predicted octanol–water partition coefficient (Wildman–Crippen LogP) is 5.58. The van der Waals surface area contributed by atoms with Gasteiger partial charge in [-0.3, -0.25) is 0 Å². The number of alkyl halides is 1. The second-order valence-corrected chi connectivity index (χ2v) is 5.99. The molecule has 100 valence electrons. The highest BCUT2D eigenvalue weighted by atomic mass is 127. The third-order valence-corrected chi connectivity index (χ3v) is 3.61. The average molecular weight is 366 g/mol. The Bertz CT molecular complexity index is 517. The van der Waals surface area contributed by atoms with Crippen LogP contribution in [0.1, 0.15) is 30.9 Å². The van der Waals surface area contributed by atoms with E-state index in [0.717, 1.165) is 22.3 Å². The van der Waals surface area contributed by atoms with Crippen LogP contribution in [0, 0.1) is 0 Å². The first kappa shape index (κ1) is 14.4. The van der Waals surface area contributed by atoms with Crippen LogP contribution in [0.4, 0.5) is 0 Å². The van der Waals surface area contributed by atoms with Gasteiger partial charge in [0.2, 0.25) is 0 Å². The molecule has 0 bridgehead atoms. The van der Waals surface area contributed by atoms with E-state index in [1.54, 1.807) is 0 Å². The first-order valence-electron chi connectivity index (χ1n) is 6.62. The summed E-state index contributed by atoms with van der Waals surface area (Å²) >= 11 is 2.40. The minimum absolute atomic E-state index is 0.523. The Morgan fingerprint density at radius 1 is 1.00 bits per heavy atom. The molecule has 0 fully saturated rings. The Labute approximate surface area is 129 Å². The monoisotopic (exact) mass is 366 g/mol. The van der Waals surface area contributed by atoms with Gasteiger partial charge in [0.1, 0.15) is 11.5 Å². The number of hydrogen-bond acceptors (Lipinski definition) is 1. The van der Waals surface area contributed by atoms with Crippen molar-refractivity contribution in [2.45, 2.75) is 26.2 Å². The Morgan fingerprint density at radius 3 is 2.37 bits per heavy atom. The van der Waals surface area contributed by atoms with E-state index >= 15 is 0 Å². The second-order valence-electron chi connectivity index (χ2n) is 4.91. The lowest BCUT2D eigenvalue weighted by Crippen LogP contribution is -1.90. The van der Waals surface area contributed by atoms with Crippen LogP contribution in [-0.2, 0) is 6.42 Å². The number of benzene rings is 2. The van der Waals surface area contributed by atoms with Gasteiger partial charge in [-0.1, -0.05) is 60.7 Å². The maximum Gasteiger partial charge on any atom is 0.127 e. The van der Waals surface area contributed by atoms with Gasteiger partial charge >= 0.3 is 0 Å². The number of ether oxygens (including phenoxy) is 1. The molecule has 0 heterocycles. The highest BCUT2D eigenvalue weighted by Gasteiger charge is 2.02. The predicted molar refractivity (Wildman–Crippen MR) is 89.6 cm³/mol. The normalized spacial score (nSPS) is 10.7. The van der Waals surface area contributed by atoms with Crippen LogP contribution in [0.2, 0.25) is 0 Å². The van der Waals surface area contributed by atoms with Gasteiger partial charge in [-0.05, 0) is 47.7 Å². The van der Waals surface area contributed by atoms with Crippen molar-refractivity contribution >= 4 is 22.6 Å². The van der Waals surface area contributed by atoms with E-state index in [0.29, 0.717) is 5.92 Å². The Balaban J connectivity index is 2.10. The van der Waals surface area contributed by atoms with Gasteiger partial charge in [-0.25, -0.2) is 0 Å². The lowest BCUT2D eigenvalue weighted by Gasteiger charge is -2.10. The molecule has 0 aliphatic heterocycles. The summed E-state index contributed by atoms with van der Waals surface area (Å²) in [6, 6.07) is 16.7. The summed E-state index contributed by atoms with van der Waals surface area (Å²) in [5.41, 5.74) is 2.66. The van der Waals surface area contributed by atoms with E-state index in [1.165, 1.54) is 11.1 Å². The lowest BCUT2D eigenvalue weighted by molar-refractivity contribution is 0.481. The van der Waals surface area contributed by atoms with E-state index in [1.807, 2.05) is 18.2 Å². The Morgan fingerprint density at radius 2 is 1.74 bits per heavy atom. The van der Waals surface area contributed by atoms with Gasteiger partial charge in [0.25, 0.3) is 0 Å². The molecule has 0 saturated carbocycles. The van der Waals surface area contributed by atoms with Crippen molar-refractivity contribution < 1.29 is 4.74 Å². The van der Waals surface area contributed by atoms with Crippen LogP contribution in [0.25, 0.3) is 0 Å². The van der Waals surface area contributed by atoms with Crippen LogP contribution in [0.15, 0.2) is 48.5 Å². The van der Waals surface area contributed by atoms with Crippen LogP contribution in [-0.4, -0.2) is 4.43 Å². The highest BCUT2D eigenvalue weighted by molar-refractivity contribution is 14.1. The zero-order valence-corrected chi connectivity index (χ0v) is 13.6. The fourth-order valence-corrected chi connectivity index (χ4v) is 2.53. The first-order chi connectivity index (χ1) is 9.19. The van der Waals surface area contributed by atoms with Crippen LogP contribution < -0.4 is 4.74 Å². The summed E-state index contributed by atoms with van der Waals surface area (Å²) in [6.07, 6.45) is 1.11. The van der Waals surface area contributed by atoms with Crippen LogP contribution in [0.5, 0.6) is 11.5 Å². The lowest BCUT2D eigenvalue weighted by atomic mass is 10.0. The molecule has 0 spiro atoms. The minimum atomic E-state index is 0.523. The third kappa shape index (κ3) is 4.23. The van der Waals surface area contributed by atoms with Gasteiger partial charge in [0.05, 0.1) is 0 Å². The standard InChI is InChI=1S/C17H19IO/c1-13(2)15-4-3-5-17(12-15)19-16-8-6-14(7-9-16)10-11-18/h3-9,12-13H,10-11H2,1-2H3. The Kier molecular flexibility index (Phi) is 5.25. The van der Waals surface area contributed by atoms with E-state index in [2.05, 4.69) is 66.8 Å². The molecule has 19 heavy (non-hydrogen) atoms. The van der Waals surface area contributed by atoms with Gasteiger partial charge in [-0.15, -0.1) is 0 Å². The van der Waals surface area contributed by atoms with Crippen molar-refractivity contribution in [1.29, 1.82) is 0 Å². The van der Waals surface area contributed by atoms with E-state index in [9.17, 15) is 0 Å². The third-order valence-electron chi connectivity index (χ3n) is 3.07. The molecule has 2 aromatic rings. The van der Waals surface area contributed by atoms with Crippen molar-refractivity contribution in [3.63, 3.8) is 0 Å². The second kappa shape index (κ2) is 6.94. The molecule has 0 saturated heterocycles. The smallest absolute Gasteiger partial charge is 0.127 e. The van der Waals surface area contributed by atoms with Crippen molar-refractivity contribution in [2.24, 2.45) is 0 Å². The summed E-state index contributed by atoms with van der Waals surface area (Å²) in [5, 5.41) is 0. The fraction of sp³-hybridized carbons (Fsp3) is 0.294. The average Bonchev–Trinajstić information content (AvgIpc) is 2.42. The molecule has 0 N–H and O–H groups in total. The molecular formula is C17H19IO. The van der Waals surface area contributed by atoms with Crippen LogP contribution >= 0.6 is 22.6 Å². The largest absolute Gasteiger partial charge is 0.457 e. The fourth-order valence-electron chi connectivity index (χ4n) is 1.91. The molecule has 0 aromatic heterocycles. The summed E-state index contributed by atoms with van der Waals surface area (Å²) in [4.78, 5) is 0. The summed E-state index contributed by atoms with van der Waals surface area (Å²) in [5.74, 6) is 2.33. The molecule has 0 aliphatic rings. The highest BCUT2D eigenvalue weighted by Crippen LogP contribution is 2.25. The molecule has 2 rings (SSSR count). The quantitative estimate of drug-likeness (QED) is 0.496. The molecule has 0 atom stereocenters. The van der Waals surface area contributed by atoms with Gasteiger partial charge in [0, 0.05) is 4.43 Å². The zero-order chi connectivity index (χ0) is 13.7. The maximum atomic E-state index is 5.90. The van der Waals surface area contributed by atoms with Crippen molar-refractivity contribution in [3.05, 3.63) is 59.7 Å². The number of rotatable bonds is 5. The van der Waals surface area contributed by atoms with Crippen molar-refractivity contribution in [1.82, 2.24) is 0 Å². The van der Waals surface area contributed by atoms with Crippen molar-refractivity contribution in [2.75, 3.05) is 4.43 Å². The molecule has 0 unspecified atom stereocenters. The topological polar surface area (TPSA) is 9.23 Å². The molecular weight excluding hydrogens is 347 g/mol. The minimum Gasteiger partial charge on any atom is -0.457 e. The summed E-state index contributed by atoms with van der Waals surface area (Å²) in [7, 11) is 0. The Hall–Kier alpha value is -1.03. The summed E-state index contributed by atoms with van der Waals surface area (Å²) < 4.78 is 7.05. The SMILES string of the molecule is CC(C)c1cccc(Oc2ccc(CCI)cc2)c1. The van der Waals surface area contributed by atoms with Gasteiger partial charge in [0.15, 0.2) is 0 Å². The van der Waals surface area contributed by atoms with E-state index in [-0.39, 0.29) is 0 Å².